The number of hydrogen-bond donors (Lipinski definition) is 3. The van der Waals surface area contributed by atoms with Crippen molar-refractivity contribution in [2.75, 3.05) is 30.2 Å². The summed E-state index contributed by atoms with van der Waals surface area (Å²) in [6, 6.07) is 2.78. The monoisotopic (exact) mass is 515 g/mol. The molecule has 0 amide bonds. The maximum atomic E-state index is 14.4. The van der Waals surface area contributed by atoms with Gasteiger partial charge in [-0.3, -0.25) is 15.7 Å². The van der Waals surface area contributed by atoms with Gasteiger partial charge in [-0.15, -0.1) is 0 Å². The van der Waals surface area contributed by atoms with E-state index in [-0.39, 0.29) is 53.7 Å². The van der Waals surface area contributed by atoms with Gasteiger partial charge in [0.25, 0.3) is 6.43 Å². The van der Waals surface area contributed by atoms with Crippen LogP contribution in [-0.2, 0) is 21.2 Å². The molecule has 35 heavy (non-hydrogen) atoms. The minimum Gasteiger partial charge on any atom is -0.472 e. The summed E-state index contributed by atoms with van der Waals surface area (Å²) in [6.07, 6.45) is -0.426. The summed E-state index contributed by atoms with van der Waals surface area (Å²) in [5.41, 5.74) is 0.310. The molecule has 0 aromatic carbocycles. The second-order valence-corrected chi connectivity index (χ2v) is 10.9. The number of ether oxygens (including phenoxy) is 2. The first kappa shape index (κ1) is 26.8. The topological polar surface area (TPSA) is 126 Å². The number of sulfone groups is 1. The van der Waals surface area contributed by atoms with Crippen LogP contribution in [0.2, 0.25) is 0 Å². The molecule has 0 spiro atoms. The third-order valence-corrected chi connectivity index (χ3v) is 7.18. The fourth-order valence-electron chi connectivity index (χ4n) is 3.60. The van der Waals surface area contributed by atoms with Gasteiger partial charge in [0.2, 0.25) is 5.88 Å². The van der Waals surface area contributed by atoms with E-state index in [2.05, 4.69) is 20.6 Å². The van der Waals surface area contributed by atoms with Crippen LogP contribution in [0.25, 0.3) is 0 Å². The highest BCUT2D eigenvalue weighted by Gasteiger charge is 2.44. The molecule has 1 aliphatic rings. The van der Waals surface area contributed by atoms with Crippen LogP contribution in [0.15, 0.2) is 24.5 Å². The Morgan fingerprint density at radius 2 is 1.94 bits per heavy atom. The summed E-state index contributed by atoms with van der Waals surface area (Å²) in [7, 11) is -2.97. The smallest absolute Gasteiger partial charge is 0.272 e. The summed E-state index contributed by atoms with van der Waals surface area (Å²) in [4.78, 5) is 7.94. The molecule has 9 nitrogen and oxygen atoms in total. The summed E-state index contributed by atoms with van der Waals surface area (Å²) in [6.45, 7) is 4.99. The van der Waals surface area contributed by atoms with Crippen LogP contribution >= 0.6 is 0 Å². The fraction of sp³-hybridized carbons (Fsp3) is 0.500. The predicted octanol–water partition coefficient (Wildman–Crippen LogP) is 2.75. The van der Waals surface area contributed by atoms with E-state index < -0.39 is 34.2 Å². The van der Waals surface area contributed by atoms with E-state index in [1.54, 1.807) is 6.07 Å². The van der Waals surface area contributed by atoms with Gasteiger partial charge in [0, 0.05) is 29.4 Å². The molecule has 3 N–H and O–H groups in total. The minimum atomic E-state index is -2.97. The van der Waals surface area contributed by atoms with E-state index in [1.807, 2.05) is 20.8 Å². The molecule has 0 saturated carbocycles. The number of nitrogens with zero attached hydrogens (tertiary/aromatic N) is 2. The van der Waals surface area contributed by atoms with Crippen molar-refractivity contribution in [2.24, 2.45) is 0 Å². The summed E-state index contributed by atoms with van der Waals surface area (Å²) < 4.78 is 72.6. The zero-order valence-electron chi connectivity index (χ0n) is 19.6. The van der Waals surface area contributed by atoms with Gasteiger partial charge in [0.1, 0.15) is 5.69 Å². The molecule has 1 fully saturated rings. The van der Waals surface area contributed by atoms with Crippen LogP contribution in [0.5, 0.6) is 5.88 Å². The van der Waals surface area contributed by atoms with Gasteiger partial charge in [0.15, 0.2) is 22.3 Å². The number of pyridine rings is 2. The molecule has 0 aliphatic carbocycles. The molecule has 0 atom stereocenters. The lowest BCUT2D eigenvalue weighted by molar-refractivity contribution is 0.0795. The second-order valence-electron chi connectivity index (χ2n) is 8.88. The highest BCUT2D eigenvalue weighted by Crippen LogP contribution is 2.24. The quantitative estimate of drug-likeness (QED) is 0.224. The van der Waals surface area contributed by atoms with E-state index >= 15 is 0 Å². The van der Waals surface area contributed by atoms with E-state index in [9.17, 15) is 21.6 Å². The van der Waals surface area contributed by atoms with E-state index in [1.165, 1.54) is 6.20 Å². The lowest BCUT2D eigenvalue weighted by Crippen LogP contribution is -2.62. The Labute approximate surface area is 201 Å². The number of halogens is 3. The number of aromatic nitrogens is 2. The van der Waals surface area contributed by atoms with Crippen LogP contribution < -0.4 is 15.4 Å². The van der Waals surface area contributed by atoms with Crippen LogP contribution in [0.3, 0.4) is 0 Å². The summed E-state index contributed by atoms with van der Waals surface area (Å²) in [5, 5.41) is 14.8. The van der Waals surface area contributed by atoms with Crippen molar-refractivity contribution in [1.82, 2.24) is 15.3 Å². The standard InChI is InChI=1S/C22H28F3N5O4S/c1-13(2)30-17-4-14(8-33-12-29-22(3)10-35(31,32)11-22)6-28-21(17)20(26)15-5-19(27-7-16(15)23)34-9-18(24)25/h4-7,13,18,26,29-30H,8-12H2,1-3H3. The van der Waals surface area contributed by atoms with E-state index in [0.717, 1.165) is 12.3 Å². The van der Waals surface area contributed by atoms with Gasteiger partial charge in [-0.25, -0.2) is 26.6 Å². The maximum Gasteiger partial charge on any atom is 0.272 e. The highest BCUT2D eigenvalue weighted by atomic mass is 32.2. The first-order chi connectivity index (χ1) is 16.4. The molecule has 3 heterocycles. The molecule has 3 rings (SSSR count). The lowest BCUT2D eigenvalue weighted by atomic mass is 10.0. The van der Waals surface area contributed by atoms with Crippen LogP contribution in [-0.4, -0.2) is 66.9 Å². The van der Waals surface area contributed by atoms with Crippen molar-refractivity contribution >= 4 is 21.2 Å². The summed E-state index contributed by atoms with van der Waals surface area (Å²) >= 11 is 0. The van der Waals surface area contributed by atoms with Gasteiger partial charge < -0.3 is 14.8 Å². The molecule has 13 heteroatoms. The van der Waals surface area contributed by atoms with E-state index in [0.29, 0.717) is 11.3 Å². The number of rotatable bonds is 12. The Morgan fingerprint density at radius 1 is 1.23 bits per heavy atom. The van der Waals surface area contributed by atoms with Crippen molar-refractivity contribution in [3.63, 3.8) is 0 Å². The third-order valence-electron chi connectivity index (χ3n) is 5.03. The van der Waals surface area contributed by atoms with Crippen LogP contribution in [0.4, 0.5) is 18.9 Å². The Balaban J connectivity index is 1.72. The van der Waals surface area contributed by atoms with Crippen molar-refractivity contribution in [3.8, 4) is 5.88 Å². The third kappa shape index (κ3) is 7.36. The molecule has 2 aromatic rings. The molecule has 192 valence electrons. The van der Waals surface area contributed by atoms with Crippen LogP contribution in [0, 0.1) is 11.2 Å². The Bertz CT molecular complexity index is 1170. The van der Waals surface area contributed by atoms with Crippen molar-refractivity contribution in [1.29, 1.82) is 5.41 Å². The minimum absolute atomic E-state index is 0.0334. The SMILES string of the molecule is CC(C)Nc1cc(COCNC2(C)CS(=O)(=O)C2)cnc1C(=N)c1cc(OCC(F)F)ncc1F. The lowest BCUT2D eigenvalue weighted by Gasteiger charge is -2.38. The average Bonchev–Trinajstić information content (AvgIpc) is 2.74. The Morgan fingerprint density at radius 3 is 2.57 bits per heavy atom. The molecular formula is C22H28F3N5O4S. The number of hydrogen-bond acceptors (Lipinski definition) is 9. The molecule has 0 radical (unpaired) electrons. The first-order valence-corrected chi connectivity index (χ1v) is 12.6. The van der Waals surface area contributed by atoms with Gasteiger partial charge in [-0.1, -0.05) is 0 Å². The molecule has 0 unspecified atom stereocenters. The van der Waals surface area contributed by atoms with Crippen LogP contribution in [0.1, 0.15) is 37.6 Å². The Hall–Kier alpha value is -2.77. The average molecular weight is 516 g/mol. The van der Waals surface area contributed by atoms with E-state index in [4.69, 9.17) is 14.9 Å². The maximum absolute atomic E-state index is 14.4. The van der Waals surface area contributed by atoms with Crippen molar-refractivity contribution < 1.29 is 31.1 Å². The molecule has 2 aromatic heterocycles. The normalized spacial score (nSPS) is 16.2. The summed E-state index contributed by atoms with van der Waals surface area (Å²) in [5.74, 6) is -0.924. The number of anilines is 1. The first-order valence-electron chi connectivity index (χ1n) is 10.8. The molecule has 1 aliphatic heterocycles. The number of alkyl halides is 2. The van der Waals surface area contributed by atoms with Gasteiger partial charge in [-0.2, -0.15) is 0 Å². The van der Waals surface area contributed by atoms with Crippen molar-refractivity contribution in [2.45, 2.75) is 45.4 Å². The largest absolute Gasteiger partial charge is 0.472 e. The molecule has 1 saturated heterocycles. The zero-order valence-corrected chi connectivity index (χ0v) is 20.4. The zero-order chi connectivity index (χ0) is 25.8. The Kier molecular flexibility index (Phi) is 8.34. The number of nitrogens with one attached hydrogen (secondary N) is 3. The van der Waals surface area contributed by atoms with Crippen molar-refractivity contribution in [3.05, 3.63) is 47.2 Å². The molecular weight excluding hydrogens is 487 g/mol. The fourth-order valence-corrected chi connectivity index (χ4v) is 5.66. The molecule has 0 bridgehead atoms. The highest BCUT2D eigenvalue weighted by molar-refractivity contribution is 7.93. The second kappa shape index (κ2) is 10.9. The van der Waals surface area contributed by atoms with Gasteiger partial charge in [0.05, 0.1) is 42.4 Å². The van der Waals surface area contributed by atoms with Gasteiger partial charge >= 0.3 is 0 Å². The van der Waals surface area contributed by atoms with Gasteiger partial charge in [-0.05, 0) is 32.4 Å². The predicted molar refractivity (Wildman–Crippen MR) is 124 cm³/mol.